The van der Waals surface area contributed by atoms with Crippen LogP contribution in [0.15, 0.2) is 72.8 Å². The fourth-order valence-corrected chi connectivity index (χ4v) is 2.98. The summed E-state index contributed by atoms with van der Waals surface area (Å²) in [6.07, 6.45) is 0. The van der Waals surface area contributed by atoms with E-state index in [0.29, 0.717) is 0 Å². The van der Waals surface area contributed by atoms with Crippen molar-refractivity contribution < 1.29 is 18.0 Å². The number of carbonyl (C=O) groups excluding carboxylic acids is 1. The lowest BCUT2D eigenvalue weighted by atomic mass is 10.2. The molecular formula is C24H20F3N7O. The summed E-state index contributed by atoms with van der Waals surface area (Å²) >= 11 is 0. The van der Waals surface area contributed by atoms with E-state index in [9.17, 15) is 18.0 Å². The fourth-order valence-electron chi connectivity index (χ4n) is 2.98. The van der Waals surface area contributed by atoms with Gasteiger partial charge in [-0.15, -0.1) is 0 Å². The molecule has 0 radical (unpaired) electrons. The van der Waals surface area contributed by atoms with Crippen LogP contribution in [0.25, 0.3) is 0 Å². The fraction of sp³-hybridized carbons (Fsp3) is 0.0833. The number of anilines is 6. The van der Waals surface area contributed by atoms with Crippen LogP contribution in [0.4, 0.5) is 48.1 Å². The molecule has 0 aliphatic rings. The third kappa shape index (κ3) is 6.02. The molecule has 178 valence electrons. The summed E-state index contributed by atoms with van der Waals surface area (Å²) in [6.45, 7) is 1.52. The van der Waals surface area contributed by atoms with Gasteiger partial charge in [-0.05, 0) is 43.3 Å². The van der Waals surface area contributed by atoms with Gasteiger partial charge < -0.3 is 21.3 Å². The SMILES string of the molecule is C[C@@H](Nc1nc(Nc2ccccc2F)nc(Nc2ccccc2F)n1)C(=O)Nc1ccccc1F. The largest absolute Gasteiger partial charge is 0.342 e. The van der Waals surface area contributed by atoms with Gasteiger partial charge in [0.2, 0.25) is 23.8 Å². The first-order chi connectivity index (χ1) is 16.9. The lowest BCUT2D eigenvalue weighted by Gasteiger charge is -2.16. The number of benzene rings is 3. The minimum atomic E-state index is -0.903. The molecule has 0 bridgehead atoms. The Kier molecular flexibility index (Phi) is 7.05. The van der Waals surface area contributed by atoms with Crippen LogP contribution in [0.1, 0.15) is 6.92 Å². The van der Waals surface area contributed by atoms with E-state index in [1.807, 2.05) is 0 Å². The van der Waals surface area contributed by atoms with Gasteiger partial charge in [-0.3, -0.25) is 4.79 Å². The average Bonchev–Trinajstić information content (AvgIpc) is 2.83. The molecule has 0 fully saturated rings. The average molecular weight is 479 g/mol. The summed E-state index contributed by atoms with van der Waals surface area (Å²) in [5, 5.41) is 10.8. The van der Waals surface area contributed by atoms with Gasteiger partial charge in [-0.1, -0.05) is 36.4 Å². The first kappa shape index (κ1) is 23.5. The predicted molar refractivity (Wildman–Crippen MR) is 127 cm³/mol. The Balaban J connectivity index is 1.59. The molecule has 4 N–H and O–H groups in total. The number of amides is 1. The maximum absolute atomic E-state index is 14.1. The highest BCUT2D eigenvalue weighted by Crippen LogP contribution is 2.22. The summed E-state index contributed by atoms with van der Waals surface area (Å²) in [5.74, 6) is -2.40. The van der Waals surface area contributed by atoms with Gasteiger partial charge >= 0.3 is 0 Å². The minimum absolute atomic E-state index is 0.0191. The van der Waals surface area contributed by atoms with Gasteiger partial charge in [0.25, 0.3) is 0 Å². The Hall–Kier alpha value is -4.67. The van der Waals surface area contributed by atoms with E-state index >= 15 is 0 Å². The molecule has 1 aromatic heterocycles. The molecular weight excluding hydrogens is 459 g/mol. The molecule has 1 heterocycles. The van der Waals surface area contributed by atoms with Crippen LogP contribution in [-0.4, -0.2) is 26.9 Å². The number of aromatic nitrogens is 3. The second-order valence-electron chi connectivity index (χ2n) is 7.35. The number of hydrogen-bond acceptors (Lipinski definition) is 7. The molecule has 0 saturated carbocycles. The number of nitrogens with zero attached hydrogens (tertiary/aromatic N) is 3. The van der Waals surface area contributed by atoms with Crippen LogP contribution < -0.4 is 21.3 Å². The first-order valence-corrected chi connectivity index (χ1v) is 10.5. The molecule has 8 nitrogen and oxygen atoms in total. The minimum Gasteiger partial charge on any atom is -0.342 e. The summed E-state index contributed by atoms with van der Waals surface area (Å²) in [6, 6.07) is 16.6. The Labute approximate surface area is 198 Å². The van der Waals surface area contributed by atoms with Crippen molar-refractivity contribution in [2.24, 2.45) is 0 Å². The standard InChI is InChI=1S/C24H20F3N7O/c1-14(21(35)29-18-11-5-2-8-15(18)25)28-22-32-23(30-19-12-6-3-9-16(19)26)34-24(33-22)31-20-13-7-4-10-17(20)27/h2-14H,1H3,(H,29,35)(H3,28,30,31,32,33,34)/t14-/m1/s1. The molecule has 4 aromatic rings. The Morgan fingerprint density at radius 3 is 1.51 bits per heavy atom. The maximum atomic E-state index is 14.1. The summed E-state index contributed by atoms with van der Waals surface area (Å²) < 4.78 is 42.1. The van der Waals surface area contributed by atoms with Crippen molar-refractivity contribution in [2.75, 3.05) is 21.3 Å². The normalized spacial score (nSPS) is 11.4. The highest BCUT2D eigenvalue weighted by molar-refractivity contribution is 5.96. The second-order valence-corrected chi connectivity index (χ2v) is 7.35. The third-order valence-electron chi connectivity index (χ3n) is 4.75. The van der Waals surface area contributed by atoms with Crippen LogP contribution in [0.2, 0.25) is 0 Å². The number of hydrogen-bond donors (Lipinski definition) is 4. The van der Waals surface area contributed by atoms with E-state index in [-0.39, 0.29) is 34.9 Å². The van der Waals surface area contributed by atoms with Gasteiger partial charge in [-0.2, -0.15) is 15.0 Å². The Morgan fingerprint density at radius 1 is 0.657 bits per heavy atom. The Bertz CT molecular complexity index is 1290. The lowest BCUT2D eigenvalue weighted by molar-refractivity contribution is -0.116. The topological polar surface area (TPSA) is 104 Å². The van der Waals surface area contributed by atoms with Crippen molar-refractivity contribution in [1.29, 1.82) is 0 Å². The Morgan fingerprint density at radius 2 is 1.06 bits per heavy atom. The van der Waals surface area contributed by atoms with E-state index in [2.05, 4.69) is 36.2 Å². The summed E-state index contributed by atoms with van der Waals surface area (Å²) in [5.41, 5.74) is 0.226. The van der Waals surface area contributed by atoms with Crippen LogP contribution in [0.3, 0.4) is 0 Å². The molecule has 0 aliphatic carbocycles. The van der Waals surface area contributed by atoms with Crippen LogP contribution >= 0.6 is 0 Å². The number of carbonyl (C=O) groups is 1. The smallest absolute Gasteiger partial charge is 0.246 e. The van der Waals surface area contributed by atoms with Crippen molar-refractivity contribution in [2.45, 2.75) is 13.0 Å². The second kappa shape index (κ2) is 10.5. The van der Waals surface area contributed by atoms with Gasteiger partial charge in [0.05, 0.1) is 17.1 Å². The lowest BCUT2D eigenvalue weighted by Crippen LogP contribution is -2.33. The molecule has 11 heteroatoms. The van der Waals surface area contributed by atoms with Crippen molar-refractivity contribution in [1.82, 2.24) is 15.0 Å². The first-order valence-electron chi connectivity index (χ1n) is 10.5. The third-order valence-corrected chi connectivity index (χ3v) is 4.75. The summed E-state index contributed by atoms with van der Waals surface area (Å²) in [7, 11) is 0. The quantitative estimate of drug-likeness (QED) is 0.275. The van der Waals surface area contributed by atoms with Crippen molar-refractivity contribution >= 4 is 40.8 Å². The van der Waals surface area contributed by atoms with Crippen LogP contribution in [0, 0.1) is 17.5 Å². The van der Waals surface area contributed by atoms with E-state index < -0.39 is 29.4 Å². The molecule has 4 rings (SSSR count). The predicted octanol–water partition coefficient (Wildman–Crippen LogP) is 5.22. The molecule has 3 aromatic carbocycles. The highest BCUT2D eigenvalue weighted by atomic mass is 19.1. The molecule has 35 heavy (non-hydrogen) atoms. The van der Waals surface area contributed by atoms with Crippen LogP contribution in [-0.2, 0) is 4.79 Å². The van der Waals surface area contributed by atoms with Crippen molar-refractivity contribution in [3.63, 3.8) is 0 Å². The summed E-state index contributed by atoms with van der Waals surface area (Å²) in [4.78, 5) is 25.1. The molecule has 0 saturated heterocycles. The molecule has 0 spiro atoms. The van der Waals surface area contributed by atoms with Gasteiger partial charge in [0.15, 0.2) is 0 Å². The van der Waals surface area contributed by atoms with E-state index in [4.69, 9.17) is 0 Å². The number of halogens is 3. The molecule has 1 atom stereocenters. The van der Waals surface area contributed by atoms with Crippen molar-refractivity contribution in [3.05, 3.63) is 90.2 Å². The van der Waals surface area contributed by atoms with Crippen LogP contribution in [0.5, 0.6) is 0 Å². The molecule has 1 amide bonds. The molecule has 0 unspecified atom stereocenters. The zero-order valence-electron chi connectivity index (χ0n) is 18.4. The van der Waals surface area contributed by atoms with Gasteiger partial charge in [-0.25, -0.2) is 13.2 Å². The monoisotopic (exact) mass is 479 g/mol. The molecule has 0 aliphatic heterocycles. The van der Waals surface area contributed by atoms with Crippen molar-refractivity contribution in [3.8, 4) is 0 Å². The van der Waals surface area contributed by atoms with Gasteiger partial charge in [0.1, 0.15) is 23.5 Å². The number of para-hydroxylation sites is 3. The van der Waals surface area contributed by atoms with Gasteiger partial charge in [0, 0.05) is 0 Å². The van der Waals surface area contributed by atoms with E-state index in [0.717, 1.165) is 0 Å². The zero-order chi connectivity index (χ0) is 24.8. The number of nitrogens with one attached hydrogen (secondary N) is 4. The number of rotatable bonds is 8. The zero-order valence-corrected chi connectivity index (χ0v) is 18.4. The van der Waals surface area contributed by atoms with E-state index in [1.54, 1.807) is 18.2 Å². The highest BCUT2D eigenvalue weighted by Gasteiger charge is 2.18. The maximum Gasteiger partial charge on any atom is 0.246 e. The van der Waals surface area contributed by atoms with E-state index in [1.165, 1.54) is 61.5 Å².